The molecule has 0 bridgehead atoms. The molecule has 1 atom stereocenters. The van der Waals surface area contributed by atoms with Gasteiger partial charge in [0.1, 0.15) is 0 Å². The van der Waals surface area contributed by atoms with E-state index in [1.165, 1.54) is 0 Å². The van der Waals surface area contributed by atoms with Crippen LogP contribution in [-0.2, 0) is 9.59 Å². The van der Waals surface area contributed by atoms with Crippen LogP contribution in [-0.4, -0.2) is 22.0 Å². The Morgan fingerprint density at radius 3 is 2.67 bits per heavy atom. The number of imide groups is 1. The zero-order valence-electron chi connectivity index (χ0n) is 12.8. The molecule has 1 aromatic rings. The number of carbonyl (C=O) groups is 2. The Bertz CT molecular complexity index is 646. The first-order chi connectivity index (χ1) is 9.17. The molecule has 0 saturated carbocycles. The van der Waals surface area contributed by atoms with Crippen LogP contribution in [0, 0.1) is 14.4 Å². The van der Waals surface area contributed by atoms with Crippen LogP contribution in [0.25, 0.3) is 12.2 Å². The molecular weight excluding hydrogens is 293 g/mol. The van der Waals surface area contributed by atoms with E-state index in [0.717, 1.165) is 10.6 Å². The second kappa shape index (κ2) is 9.37. The van der Waals surface area contributed by atoms with Crippen molar-refractivity contribution in [3.8, 4) is 0 Å². The van der Waals surface area contributed by atoms with Gasteiger partial charge in [0.05, 0.1) is 11.6 Å². The summed E-state index contributed by atoms with van der Waals surface area (Å²) in [5.41, 5.74) is 0.665. The standard InChI is InChI=1S/C14H16N3O2.CH3.K/c1-3-5-6-9-11(4-2)16-17-13(9)10-7-8-12(18)15-14(10)19;;/h3-6,10,16H,2,7-8H2,1H3,(H,15,18,19);1H3;/q2*-1;+1/b5-3-,9-6+,11-4+;;. The van der Waals surface area contributed by atoms with Crippen molar-refractivity contribution in [1.82, 2.24) is 15.5 Å². The zero-order chi connectivity index (χ0) is 13.8. The van der Waals surface area contributed by atoms with Crippen LogP contribution >= 0.6 is 0 Å². The predicted octanol–water partition coefficient (Wildman–Crippen LogP) is -2.64. The fourth-order valence-electron chi connectivity index (χ4n) is 2.12. The zero-order valence-corrected chi connectivity index (χ0v) is 15.9. The van der Waals surface area contributed by atoms with Crippen molar-refractivity contribution in [1.29, 1.82) is 0 Å². The molecule has 1 fully saturated rings. The Morgan fingerprint density at radius 1 is 1.38 bits per heavy atom. The van der Waals surface area contributed by atoms with Gasteiger partial charge in [0.15, 0.2) is 0 Å². The van der Waals surface area contributed by atoms with E-state index in [-0.39, 0.29) is 76.5 Å². The average molecular weight is 312 g/mol. The molecule has 21 heavy (non-hydrogen) atoms. The molecule has 2 N–H and O–H groups in total. The molecule has 2 heterocycles. The molecule has 2 amide bonds. The molecule has 1 aliphatic rings. The number of carbonyl (C=O) groups excluding carboxylic acids is 2. The Morgan fingerprint density at radius 2 is 2.10 bits per heavy atom. The van der Waals surface area contributed by atoms with Gasteiger partial charge in [-0.2, -0.15) is 5.10 Å². The van der Waals surface area contributed by atoms with Crippen molar-refractivity contribution in [3.05, 3.63) is 42.8 Å². The van der Waals surface area contributed by atoms with Gasteiger partial charge in [-0.15, -0.1) is 0 Å². The molecule has 1 unspecified atom stereocenters. The van der Waals surface area contributed by atoms with E-state index in [4.69, 9.17) is 0 Å². The number of piperidine rings is 1. The molecule has 0 radical (unpaired) electrons. The number of aromatic amines is 1. The van der Waals surface area contributed by atoms with Gasteiger partial charge < -0.3 is 12.5 Å². The fourth-order valence-corrected chi connectivity index (χ4v) is 2.12. The number of hydrogen-bond acceptors (Lipinski definition) is 3. The maximum atomic E-state index is 11.9. The van der Waals surface area contributed by atoms with E-state index >= 15 is 0 Å². The van der Waals surface area contributed by atoms with E-state index < -0.39 is 0 Å². The summed E-state index contributed by atoms with van der Waals surface area (Å²) >= 11 is 0. The van der Waals surface area contributed by atoms with Crippen molar-refractivity contribution in [3.63, 3.8) is 0 Å². The van der Waals surface area contributed by atoms with Gasteiger partial charge in [-0.25, -0.2) is 13.0 Å². The molecule has 108 valence electrons. The second-order valence-electron chi connectivity index (χ2n) is 4.34. The summed E-state index contributed by atoms with van der Waals surface area (Å²) in [6.45, 7) is 5.63. The normalized spacial score (nSPS) is 20.1. The van der Waals surface area contributed by atoms with Crippen molar-refractivity contribution in [2.75, 3.05) is 0 Å². The smallest absolute Gasteiger partial charge is 0.358 e. The summed E-state index contributed by atoms with van der Waals surface area (Å²) in [4.78, 5) is 23.1. The summed E-state index contributed by atoms with van der Waals surface area (Å²) in [7, 11) is 0. The number of H-pyrrole nitrogens is 1. The van der Waals surface area contributed by atoms with Crippen LogP contribution < -0.4 is 67.3 Å². The monoisotopic (exact) mass is 312 g/mol. The minimum absolute atomic E-state index is 0. The van der Waals surface area contributed by atoms with Gasteiger partial charge in [0.25, 0.3) is 0 Å². The van der Waals surface area contributed by atoms with Crippen molar-refractivity contribution in [2.45, 2.75) is 25.7 Å². The SMILES string of the molecule is [CH2-]/C=c1/[nH]nc(C2CCC(=O)NC2=O)/c1=C/C=C\C.[CH3-].[K+]. The minimum atomic E-state index is -0.390. The summed E-state index contributed by atoms with van der Waals surface area (Å²) in [5.74, 6) is -0.896. The third-order valence-electron chi connectivity index (χ3n) is 3.09. The Kier molecular flexibility index (Phi) is 9.08. The Balaban J connectivity index is 0.00000200. The number of hydrogen-bond donors (Lipinski definition) is 2. The van der Waals surface area contributed by atoms with Crippen LogP contribution in [0.4, 0.5) is 0 Å². The summed E-state index contributed by atoms with van der Waals surface area (Å²) in [6, 6.07) is 0. The first kappa shape index (κ1) is 20.3. The van der Waals surface area contributed by atoms with E-state index in [2.05, 4.69) is 22.4 Å². The number of aromatic nitrogens is 2. The van der Waals surface area contributed by atoms with Crippen LogP contribution in [0.1, 0.15) is 31.4 Å². The third kappa shape index (κ3) is 4.65. The number of allylic oxidation sites excluding steroid dienone is 2. The molecule has 1 aromatic heterocycles. The molecule has 5 nitrogen and oxygen atoms in total. The van der Waals surface area contributed by atoms with Crippen LogP contribution in [0.2, 0.25) is 0 Å². The van der Waals surface area contributed by atoms with Crippen molar-refractivity contribution < 1.29 is 61.0 Å². The fraction of sp³-hybridized carbons (Fsp3) is 0.267. The Hall–Kier alpha value is -0.664. The molecule has 1 aliphatic heterocycles. The number of rotatable bonds is 2. The molecular formula is C15H19KN3O2-. The first-order valence-electron chi connectivity index (χ1n) is 6.17. The molecule has 6 heteroatoms. The van der Waals surface area contributed by atoms with Gasteiger partial charge in [-0.1, -0.05) is 28.8 Å². The van der Waals surface area contributed by atoms with Gasteiger partial charge in [0, 0.05) is 6.42 Å². The maximum absolute atomic E-state index is 11.9. The second-order valence-corrected chi connectivity index (χ2v) is 4.34. The van der Waals surface area contributed by atoms with Gasteiger partial charge in [0.2, 0.25) is 11.8 Å². The van der Waals surface area contributed by atoms with E-state index in [9.17, 15) is 9.59 Å². The largest absolute Gasteiger partial charge is 1.00 e. The quantitative estimate of drug-likeness (QED) is 0.356. The maximum Gasteiger partial charge on any atom is 1.00 e. The molecule has 0 aliphatic carbocycles. The summed E-state index contributed by atoms with van der Waals surface area (Å²) < 4.78 is 0. The van der Waals surface area contributed by atoms with Gasteiger partial charge in [-0.05, 0) is 13.3 Å². The van der Waals surface area contributed by atoms with Crippen LogP contribution in [0.15, 0.2) is 12.2 Å². The van der Waals surface area contributed by atoms with Crippen LogP contribution in [0.5, 0.6) is 0 Å². The predicted molar refractivity (Wildman–Crippen MR) is 78.5 cm³/mol. The number of amides is 2. The van der Waals surface area contributed by atoms with E-state index in [1.807, 2.05) is 25.2 Å². The van der Waals surface area contributed by atoms with E-state index in [1.54, 1.807) is 6.08 Å². The topological polar surface area (TPSA) is 74.8 Å². The third-order valence-corrected chi connectivity index (χ3v) is 3.09. The molecule has 0 aromatic carbocycles. The summed E-state index contributed by atoms with van der Waals surface area (Å²) in [5, 5.41) is 11.0. The van der Waals surface area contributed by atoms with Gasteiger partial charge >= 0.3 is 51.4 Å². The average Bonchev–Trinajstić information content (AvgIpc) is 2.79. The minimum Gasteiger partial charge on any atom is -0.358 e. The van der Waals surface area contributed by atoms with Gasteiger partial charge in [-0.3, -0.25) is 14.9 Å². The first-order valence-corrected chi connectivity index (χ1v) is 6.17. The van der Waals surface area contributed by atoms with Crippen molar-refractivity contribution >= 4 is 24.0 Å². The summed E-state index contributed by atoms with van der Waals surface area (Å²) in [6.07, 6.45) is 8.16. The van der Waals surface area contributed by atoms with Crippen molar-refractivity contribution in [2.24, 2.45) is 0 Å². The van der Waals surface area contributed by atoms with E-state index in [0.29, 0.717) is 18.5 Å². The Labute approximate surface area is 167 Å². The molecule has 1 saturated heterocycles. The molecule has 0 spiro atoms. The number of nitrogens with one attached hydrogen (secondary N) is 2. The molecule has 2 rings (SSSR count). The number of nitrogens with zero attached hydrogens (tertiary/aromatic N) is 1. The van der Waals surface area contributed by atoms with Crippen LogP contribution in [0.3, 0.4) is 0 Å².